The number of halogens is 2. The molecule has 0 aromatic heterocycles. The Labute approximate surface area is 145 Å². The number of nitrogens with zero attached hydrogens (tertiary/aromatic N) is 1. The minimum absolute atomic E-state index is 0.197. The number of carbonyl (C=O) groups excluding carboxylic acids is 1. The third-order valence-electron chi connectivity index (χ3n) is 2.79. The van der Waals surface area contributed by atoms with Gasteiger partial charge in [-0.1, -0.05) is 35.2 Å². The normalized spacial score (nSPS) is 12.7. The van der Waals surface area contributed by atoms with E-state index in [0.29, 0.717) is 4.47 Å². The highest BCUT2D eigenvalue weighted by atomic mass is 79.9. The van der Waals surface area contributed by atoms with Crippen molar-refractivity contribution in [1.29, 1.82) is 0 Å². The van der Waals surface area contributed by atoms with E-state index in [9.17, 15) is 9.18 Å². The van der Waals surface area contributed by atoms with Crippen LogP contribution in [0.1, 0.15) is 32.4 Å². The smallest absolute Gasteiger partial charge is 0.334 e. The quantitative estimate of drug-likeness (QED) is 0.506. The molecule has 0 heterocycles. The van der Waals surface area contributed by atoms with Gasteiger partial charge in [0.25, 0.3) is 0 Å². The molecular formula is C18H21BrFNO2. The molecule has 0 saturated carbocycles. The Morgan fingerprint density at radius 2 is 2.04 bits per heavy atom. The van der Waals surface area contributed by atoms with Gasteiger partial charge in [0.1, 0.15) is 11.4 Å². The van der Waals surface area contributed by atoms with Crippen LogP contribution in [0.25, 0.3) is 0 Å². The predicted octanol–water partition coefficient (Wildman–Crippen LogP) is 5.12. The lowest BCUT2D eigenvalue weighted by Crippen LogP contribution is -2.34. The summed E-state index contributed by atoms with van der Waals surface area (Å²) in [6.45, 7) is 12.6. The fourth-order valence-electron chi connectivity index (χ4n) is 1.90. The molecule has 1 aromatic rings. The Bertz CT molecular complexity index is 620. The van der Waals surface area contributed by atoms with Crippen molar-refractivity contribution >= 4 is 21.9 Å². The highest BCUT2D eigenvalue weighted by Crippen LogP contribution is 2.29. The Morgan fingerprint density at radius 1 is 1.39 bits per heavy atom. The molecule has 0 aliphatic heterocycles. The van der Waals surface area contributed by atoms with Crippen molar-refractivity contribution in [2.75, 3.05) is 0 Å². The van der Waals surface area contributed by atoms with Gasteiger partial charge in [0, 0.05) is 16.2 Å². The van der Waals surface area contributed by atoms with Crippen LogP contribution in [-0.4, -0.2) is 16.5 Å². The van der Waals surface area contributed by atoms with Crippen LogP contribution in [0, 0.1) is 5.82 Å². The van der Waals surface area contributed by atoms with Gasteiger partial charge in [0.2, 0.25) is 0 Å². The Kier molecular flexibility index (Phi) is 6.76. The molecule has 0 N–H and O–H groups in total. The Morgan fingerprint density at radius 3 is 2.57 bits per heavy atom. The molecule has 23 heavy (non-hydrogen) atoms. The summed E-state index contributed by atoms with van der Waals surface area (Å²) in [4.78, 5) is 14.1. The summed E-state index contributed by atoms with van der Waals surface area (Å²) in [5, 5.41) is 0. The van der Waals surface area contributed by atoms with Crippen LogP contribution in [0.2, 0.25) is 0 Å². The first-order valence-corrected chi connectivity index (χ1v) is 7.86. The molecule has 0 spiro atoms. The van der Waals surface area contributed by atoms with Crippen LogP contribution in [0.3, 0.4) is 0 Å². The van der Waals surface area contributed by atoms with Gasteiger partial charge in [-0.15, -0.1) is 0 Å². The number of ether oxygens (including phenoxy) is 1. The monoisotopic (exact) mass is 381 g/mol. The first-order chi connectivity index (χ1) is 10.7. The van der Waals surface area contributed by atoms with Gasteiger partial charge in [-0.25, -0.2) is 9.18 Å². The van der Waals surface area contributed by atoms with E-state index >= 15 is 0 Å². The summed E-state index contributed by atoms with van der Waals surface area (Å²) in [7, 11) is 0. The van der Waals surface area contributed by atoms with Gasteiger partial charge in [0.05, 0.1) is 0 Å². The van der Waals surface area contributed by atoms with Crippen molar-refractivity contribution in [3.05, 3.63) is 71.8 Å². The SMILES string of the molecule is C=C/C=C\N(C=C)C(C(=O)OC(C)(C)C)c1cc(Br)ccc1F. The number of allylic oxidation sites excluding steroid dienone is 2. The van der Waals surface area contributed by atoms with E-state index in [2.05, 4.69) is 29.1 Å². The third-order valence-corrected chi connectivity index (χ3v) is 3.28. The highest BCUT2D eigenvalue weighted by molar-refractivity contribution is 9.10. The second-order valence-corrected chi connectivity index (χ2v) is 6.72. The van der Waals surface area contributed by atoms with Crippen LogP contribution in [0.5, 0.6) is 0 Å². The van der Waals surface area contributed by atoms with E-state index in [1.54, 1.807) is 51.3 Å². The van der Waals surface area contributed by atoms with Crippen molar-refractivity contribution in [2.45, 2.75) is 32.4 Å². The second kappa shape index (κ2) is 8.11. The van der Waals surface area contributed by atoms with E-state index < -0.39 is 23.4 Å². The number of esters is 1. The van der Waals surface area contributed by atoms with Gasteiger partial charge < -0.3 is 9.64 Å². The van der Waals surface area contributed by atoms with Crippen LogP contribution < -0.4 is 0 Å². The molecule has 0 fully saturated rings. The Hall–Kier alpha value is -1.88. The van der Waals surface area contributed by atoms with Gasteiger partial charge in [-0.3, -0.25) is 0 Å². The van der Waals surface area contributed by atoms with Crippen LogP contribution in [0.15, 0.2) is 60.4 Å². The molecule has 1 rings (SSSR count). The first kappa shape index (κ1) is 19.2. The number of hydrogen-bond acceptors (Lipinski definition) is 3. The zero-order valence-corrected chi connectivity index (χ0v) is 15.1. The first-order valence-electron chi connectivity index (χ1n) is 7.06. The van der Waals surface area contributed by atoms with Crippen LogP contribution >= 0.6 is 15.9 Å². The summed E-state index contributed by atoms with van der Waals surface area (Å²) >= 11 is 3.30. The lowest BCUT2D eigenvalue weighted by Gasteiger charge is -2.30. The third kappa shape index (κ3) is 5.67. The predicted molar refractivity (Wildman–Crippen MR) is 94.1 cm³/mol. The van der Waals surface area contributed by atoms with Gasteiger partial charge in [0.15, 0.2) is 6.04 Å². The maximum atomic E-state index is 14.3. The van der Waals surface area contributed by atoms with E-state index in [1.165, 1.54) is 17.2 Å². The molecule has 3 nitrogen and oxygen atoms in total. The van der Waals surface area contributed by atoms with Crippen molar-refractivity contribution < 1.29 is 13.9 Å². The maximum Gasteiger partial charge on any atom is 0.334 e. The molecule has 5 heteroatoms. The fourth-order valence-corrected chi connectivity index (χ4v) is 2.28. The van der Waals surface area contributed by atoms with Crippen molar-refractivity contribution in [2.24, 2.45) is 0 Å². The van der Waals surface area contributed by atoms with E-state index in [4.69, 9.17) is 4.74 Å². The largest absolute Gasteiger partial charge is 0.458 e. The topological polar surface area (TPSA) is 29.5 Å². The molecule has 0 amide bonds. The molecule has 0 bridgehead atoms. The molecule has 0 saturated heterocycles. The number of hydrogen-bond donors (Lipinski definition) is 0. The van der Waals surface area contributed by atoms with E-state index in [1.807, 2.05) is 0 Å². The summed E-state index contributed by atoms with van der Waals surface area (Å²) in [6.07, 6.45) is 6.22. The summed E-state index contributed by atoms with van der Waals surface area (Å²) < 4.78 is 20.4. The van der Waals surface area contributed by atoms with Gasteiger partial charge in [-0.2, -0.15) is 0 Å². The maximum absolute atomic E-state index is 14.3. The lowest BCUT2D eigenvalue weighted by atomic mass is 10.0. The molecule has 1 unspecified atom stereocenters. The minimum Gasteiger partial charge on any atom is -0.458 e. The summed E-state index contributed by atoms with van der Waals surface area (Å²) in [6, 6.07) is 3.45. The highest BCUT2D eigenvalue weighted by Gasteiger charge is 2.31. The molecule has 0 aliphatic rings. The number of rotatable bonds is 6. The molecule has 0 radical (unpaired) electrons. The van der Waals surface area contributed by atoms with Crippen molar-refractivity contribution in [1.82, 2.24) is 4.90 Å². The zero-order chi connectivity index (χ0) is 17.6. The van der Waals surface area contributed by atoms with Gasteiger partial charge >= 0.3 is 5.97 Å². The summed E-state index contributed by atoms with van der Waals surface area (Å²) in [5.74, 6) is -1.06. The number of carbonyl (C=O) groups is 1. The average molecular weight is 382 g/mol. The number of benzene rings is 1. The van der Waals surface area contributed by atoms with E-state index in [0.717, 1.165) is 0 Å². The standard InChI is InChI=1S/C18H21BrFNO2/c1-6-8-11-21(7-2)16(17(22)23-18(3,4)5)14-12-13(19)9-10-15(14)20/h6-12,16H,1-2H2,3-5H3/b11-8-. The molecule has 0 aliphatic carbocycles. The Balaban J connectivity index is 3.37. The second-order valence-electron chi connectivity index (χ2n) is 5.81. The molecule has 124 valence electrons. The molecule has 1 aromatic carbocycles. The zero-order valence-electron chi connectivity index (χ0n) is 13.6. The summed E-state index contributed by atoms with van der Waals surface area (Å²) in [5.41, 5.74) is -0.491. The van der Waals surface area contributed by atoms with Crippen molar-refractivity contribution in [3.8, 4) is 0 Å². The average Bonchev–Trinajstić information content (AvgIpc) is 2.44. The molecule has 1 atom stereocenters. The minimum atomic E-state index is -0.986. The fraction of sp³-hybridized carbons (Fsp3) is 0.278. The van der Waals surface area contributed by atoms with Crippen molar-refractivity contribution in [3.63, 3.8) is 0 Å². The van der Waals surface area contributed by atoms with Gasteiger partial charge in [-0.05, 0) is 51.2 Å². The molecular weight excluding hydrogens is 361 g/mol. The lowest BCUT2D eigenvalue weighted by molar-refractivity contribution is -0.160. The van der Waals surface area contributed by atoms with Crippen LogP contribution in [-0.2, 0) is 9.53 Å². The van der Waals surface area contributed by atoms with Crippen LogP contribution in [0.4, 0.5) is 4.39 Å². The van der Waals surface area contributed by atoms with E-state index in [-0.39, 0.29) is 5.56 Å².